The number of hydrogen-bond donors (Lipinski definition) is 3. The molecule has 0 amide bonds. The molecule has 13 heteroatoms. The van der Waals surface area contributed by atoms with Crippen LogP contribution in [0.5, 0.6) is 11.5 Å². The molecule has 5 rings (SSSR count). The van der Waals surface area contributed by atoms with Gasteiger partial charge in [-0.25, -0.2) is 9.59 Å². The van der Waals surface area contributed by atoms with Crippen molar-refractivity contribution in [2.24, 2.45) is 5.92 Å². The van der Waals surface area contributed by atoms with Crippen LogP contribution in [-0.4, -0.2) is 67.1 Å². The highest BCUT2D eigenvalue weighted by Gasteiger charge is 2.30. The van der Waals surface area contributed by atoms with Crippen molar-refractivity contribution in [1.29, 1.82) is 0 Å². The highest BCUT2D eigenvalue weighted by Crippen LogP contribution is 2.41. The summed E-state index contributed by atoms with van der Waals surface area (Å²) in [5.41, 5.74) is 2.57. The largest absolute Gasteiger partial charge is 0.493 e. The summed E-state index contributed by atoms with van der Waals surface area (Å²) in [6, 6.07) is 16.4. The smallest absolute Gasteiger partial charge is 0.346 e. The van der Waals surface area contributed by atoms with Gasteiger partial charge in [0.1, 0.15) is 21.0 Å². The van der Waals surface area contributed by atoms with E-state index in [1.165, 1.54) is 26.6 Å². The van der Waals surface area contributed by atoms with Crippen LogP contribution in [0.15, 0.2) is 67.0 Å². The number of esters is 1. The van der Waals surface area contributed by atoms with Gasteiger partial charge in [-0.15, -0.1) is 11.3 Å². The number of aromatic carboxylic acids is 1. The van der Waals surface area contributed by atoms with Gasteiger partial charge in [0.15, 0.2) is 11.5 Å². The third-order valence-electron chi connectivity index (χ3n) is 9.36. The number of ether oxygens (including phenoxy) is 3. The number of aromatic nitrogens is 1. The second-order valence-electron chi connectivity index (χ2n) is 12.9. The zero-order valence-electron chi connectivity index (χ0n) is 29.1. The second kappa shape index (κ2) is 17.6. The molecule has 0 saturated carbocycles. The molecule has 2 aromatic heterocycles. The Balaban J connectivity index is 1.43. The lowest BCUT2D eigenvalue weighted by molar-refractivity contribution is -0.904. The third kappa shape index (κ3) is 9.52. The highest BCUT2D eigenvalue weighted by molar-refractivity contribution is 7.14. The van der Waals surface area contributed by atoms with Crippen molar-refractivity contribution in [3.8, 4) is 11.5 Å². The Morgan fingerprint density at radius 2 is 1.65 bits per heavy atom. The number of thiophene rings is 1. The number of carboxylic acids is 1. The number of nitrogens with one attached hydrogen (secondary N) is 1. The van der Waals surface area contributed by atoms with Crippen LogP contribution in [0.3, 0.4) is 0 Å². The fourth-order valence-corrected chi connectivity index (χ4v) is 8.11. The number of rotatable bonds is 15. The number of carbonyl (C=O) groups is 2. The summed E-state index contributed by atoms with van der Waals surface area (Å²) in [6.45, 7) is 6.94. The predicted octanol–water partition coefficient (Wildman–Crippen LogP) is 7.16. The molecule has 272 valence electrons. The maximum absolute atomic E-state index is 13.6. The number of likely N-dealkylation sites (tertiary alicyclic amines) is 1. The lowest BCUT2D eigenvalue weighted by Gasteiger charge is -2.34. The molecule has 3 N–H and O–H groups in total. The molecule has 4 aromatic rings. The van der Waals surface area contributed by atoms with E-state index < -0.39 is 17.9 Å². The first-order valence-electron chi connectivity index (χ1n) is 16.8. The maximum Gasteiger partial charge on any atom is 0.346 e. The molecule has 0 aliphatic carbocycles. The second-order valence-corrected chi connectivity index (χ2v) is 14.9. The molecule has 2 atom stereocenters. The van der Waals surface area contributed by atoms with Crippen LogP contribution >= 0.6 is 34.5 Å². The van der Waals surface area contributed by atoms with E-state index in [4.69, 9.17) is 37.4 Å². The molecule has 0 spiro atoms. The number of methoxy groups -OCH3 is 2. The molecule has 1 aliphatic rings. The first kappa shape index (κ1) is 38.4. The summed E-state index contributed by atoms with van der Waals surface area (Å²) in [5, 5.41) is 24.2. The minimum absolute atomic E-state index is 0.138. The van der Waals surface area contributed by atoms with Crippen molar-refractivity contribution < 1.29 is 38.8 Å². The van der Waals surface area contributed by atoms with Gasteiger partial charge in [-0.05, 0) is 87.0 Å². The molecule has 2 aromatic carbocycles. The maximum atomic E-state index is 13.6. The van der Waals surface area contributed by atoms with Gasteiger partial charge < -0.3 is 24.2 Å². The van der Waals surface area contributed by atoms with Crippen LogP contribution in [-0.2, 0) is 22.5 Å². The van der Waals surface area contributed by atoms with Crippen LogP contribution in [0.25, 0.3) is 0 Å². The average Bonchev–Trinajstić information content (AvgIpc) is 3.55. The predicted molar refractivity (Wildman–Crippen MR) is 197 cm³/mol. The fraction of sp³-hybridized carbons (Fsp3) is 0.395. The highest BCUT2D eigenvalue weighted by atomic mass is 35.5. The SMILES string of the molecule is COc1ccc([C@H](Cc2c(Cl)c[n+](O)cc2Cl)c2cc(CNC(C(=O)OCC3CCN(C(C)C)CC3)c3ccccc3)sc2C(=O)O)cc1OC. The Morgan fingerprint density at radius 1 is 0.980 bits per heavy atom. The third-order valence-corrected chi connectivity index (χ3v) is 11.1. The normalized spacial score (nSPS) is 15.0. The van der Waals surface area contributed by atoms with E-state index in [1.807, 2.05) is 42.5 Å². The Labute approximate surface area is 312 Å². The molecule has 1 saturated heterocycles. The number of piperidine rings is 1. The van der Waals surface area contributed by atoms with Crippen molar-refractivity contribution in [2.45, 2.75) is 57.7 Å². The fourth-order valence-electron chi connectivity index (χ4n) is 6.49. The molecule has 0 radical (unpaired) electrons. The number of benzene rings is 2. The molecular formula is C38H44Cl2N3O7S+. The summed E-state index contributed by atoms with van der Waals surface area (Å²) in [4.78, 5) is 29.7. The van der Waals surface area contributed by atoms with Crippen LogP contribution in [0, 0.1) is 5.92 Å². The van der Waals surface area contributed by atoms with E-state index in [1.54, 1.807) is 12.1 Å². The lowest BCUT2D eigenvalue weighted by Crippen LogP contribution is -2.40. The lowest BCUT2D eigenvalue weighted by atomic mass is 9.85. The van der Waals surface area contributed by atoms with E-state index in [9.17, 15) is 19.9 Å². The molecule has 1 aliphatic heterocycles. The Morgan fingerprint density at radius 3 is 2.25 bits per heavy atom. The summed E-state index contributed by atoms with van der Waals surface area (Å²) < 4.78 is 17.7. The van der Waals surface area contributed by atoms with Crippen LogP contribution in [0.4, 0.5) is 0 Å². The zero-order chi connectivity index (χ0) is 36.7. The topological polar surface area (TPSA) is 121 Å². The van der Waals surface area contributed by atoms with E-state index in [-0.39, 0.29) is 33.9 Å². The molecule has 3 heterocycles. The molecule has 51 heavy (non-hydrogen) atoms. The monoisotopic (exact) mass is 756 g/mol. The van der Waals surface area contributed by atoms with Crippen LogP contribution in [0.1, 0.15) is 75.5 Å². The molecule has 1 fully saturated rings. The number of pyridine rings is 1. The van der Waals surface area contributed by atoms with E-state index >= 15 is 0 Å². The first-order valence-corrected chi connectivity index (χ1v) is 18.4. The van der Waals surface area contributed by atoms with Gasteiger partial charge in [-0.1, -0.05) is 59.6 Å². The summed E-state index contributed by atoms with van der Waals surface area (Å²) >= 11 is 14.2. The minimum atomic E-state index is -1.09. The molecule has 1 unspecified atom stereocenters. The van der Waals surface area contributed by atoms with Crippen molar-refractivity contribution in [3.63, 3.8) is 0 Å². The van der Waals surface area contributed by atoms with Gasteiger partial charge in [0.25, 0.3) is 0 Å². The number of carboxylic acid groups (broad SMARTS) is 1. The Hall–Kier alpha value is -3.87. The number of nitrogens with zero attached hydrogens (tertiary/aromatic N) is 2. The summed E-state index contributed by atoms with van der Waals surface area (Å²) in [5.74, 6) is -0.704. The quantitative estimate of drug-likeness (QED) is 0.0659. The number of carbonyl (C=O) groups excluding carboxylic acids is 1. The number of halogens is 2. The zero-order valence-corrected chi connectivity index (χ0v) is 31.4. The van der Waals surface area contributed by atoms with Crippen molar-refractivity contribution in [1.82, 2.24) is 10.2 Å². The standard InChI is InChI=1S/C38H43Cl2N3O7S/c1-23(2)42-14-12-24(13-15-42)22-50-38(46)35(25-8-6-5-7-9-25)41-19-27-17-29(36(51-27)37(44)45)28(18-30-31(39)20-43(47)21-32(30)40)26-10-11-33(48-3)34(16-26)49-4/h5-11,16-17,20-21,23-24,28,35,41H,12-15,18-19,22H2,1-4H3,(H-,44,45,47)/p+1/t28-,35?/m0/s1. The average molecular weight is 758 g/mol. The van der Waals surface area contributed by atoms with Crippen LogP contribution in [0.2, 0.25) is 10.0 Å². The molecule has 10 nitrogen and oxygen atoms in total. The van der Waals surface area contributed by atoms with Crippen molar-refractivity contribution >= 4 is 46.5 Å². The van der Waals surface area contributed by atoms with Gasteiger partial charge in [-0.2, -0.15) is 0 Å². The minimum Gasteiger partial charge on any atom is -0.493 e. The van der Waals surface area contributed by atoms with Gasteiger partial charge >= 0.3 is 11.9 Å². The summed E-state index contributed by atoms with van der Waals surface area (Å²) in [6.07, 6.45) is 4.82. The first-order chi connectivity index (χ1) is 24.5. The molecule has 0 bridgehead atoms. The van der Waals surface area contributed by atoms with Crippen LogP contribution < -0.4 is 19.5 Å². The van der Waals surface area contributed by atoms with Gasteiger partial charge in [0.2, 0.25) is 12.4 Å². The van der Waals surface area contributed by atoms with E-state index in [0.717, 1.165) is 53.1 Å². The summed E-state index contributed by atoms with van der Waals surface area (Å²) in [7, 11) is 3.07. The van der Waals surface area contributed by atoms with Gasteiger partial charge in [0, 0.05) is 33.7 Å². The molecular weight excluding hydrogens is 713 g/mol. The van der Waals surface area contributed by atoms with Crippen molar-refractivity contribution in [3.05, 3.63) is 109 Å². The van der Waals surface area contributed by atoms with Gasteiger partial charge in [0.05, 0.1) is 20.8 Å². The Bertz CT molecular complexity index is 1790. The van der Waals surface area contributed by atoms with E-state index in [2.05, 4.69) is 24.1 Å². The number of hydrogen-bond acceptors (Lipinski definition) is 9. The Kier molecular flexibility index (Phi) is 13.2. The van der Waals surface area contributed by atoms with E-state index in [0.29, 0.717) is 46.1 Å². The van der Waals surface area contributed by atoms with Crippen molar-refractivity contribution in [2.75, 3.05) is 33.9 Å². The van der Waals surface area contributed by atoms with Gasteiger partial charge in [-0.3, -0.25) is 10.5 Å².